The van der Waals surface area contributed by atoms with E-state index >= 15 is 0 Å². The van der Waals surface area contributed by atoms with Crippen LogP contribution < -0.4 is 20.1 Å². The van der Waals surface area contributed by atoms with Gasteiger partial charge in [0.25, 0.3) is 5.91 Å². The Hall–Kier alpha value is -3.88. The van der Waals surface area contributed by atoms with Gasteiger partial charge in [0.2, 0.25) is 5.95 Å². The first-order valence-electron chi connectivity index (χ1n) is 9.59. The second-order valence-corrected chi connectivity index (χ2v) is 7.12. The van der Waals surface area contributed by atoms with Gasteiger partial charge in [-0.15, -0.1) is 0 Å². The summed E-state index contributed by atoms with van der Waals surface area (Å²) in [6, 6.07) is 9.11. The Labute approximate surface area is 178 Å². The highest BCUT2D eigenvalue weighted by Gasteiger charge is 2.34. The van der Waals surface area contributed by atoms with Crippen LogP contribution in [0, 0.1) is 12.7 Å². The van der Waals surface area contributed by atoms with Gasteiger partial charge in [-0.25, -0.2) is 9.07 Å². The second kappa shape index (κ2) is 8.10. The summed E-state index contributed by atoms with van der Waals surface area (Å²) in [5, 5.41) is 10.3. The van der Waals surface area contributed by atoms with Crippen molar-refractivity contribution in [1.29, 1.82) is 0 Å². The highest BCUT2D eigenvalue weighted by molar-refractivity contribution is 6.06. The van der Waals surface area contributed by atoms with Crippen molar-refractivity contribution in [3.63, 3.8) is 0 Å². The smallest absolute Gasteiger partial charge is 0.255 e. The molecule has 9 heteroatoms. The van der Waals surface area contributed by atoms with E-state index in [2.05, 4.69) is 20.7 Å². The number of ether oxygens (including phenoxy) is 2. The van der Waals surface area contributed by atoms with Crippen LogP contribution in [0.2, 0.25) is 0 Å². The Morgan fingerprint density at radius 3 is 2.61 bits per heavy atom. The summed E-state index contributed by atoms with van der Waals surface area (Å²) in [7, 11) is 3.11. The van der Waals surface area contributed by atoms with Crippen LogP contribution in [0.3, 0.4) is 0 Å². The van der Waals surface area contributed by atoms with E-state index < -0.39 is 6.04 Å². The zero-order chi connectivity index (χ0) is 22.1. The van der Waals surface area contributed by atoms with Gasteiger partial charge in [-0.3, -0.25) is 4.79 Å². The Morgan fingerprint density at radius 2 is 1.90 bits per heavy atom. The summed E-state index contributed by atoms with van der Waals surface area (Å²) < 4.78 is 25.9. The third-order valence-electron chi connectivity index (χ3n) is 5.20. The Balaban J connectivity index is 1.78. The first kappa shape index (κ1) is 20.4. The number of fused-ring (bicyclic) bond motifs is 1. The highest BCUT2D eigenvalue weighted by atomic mass is 19.1. The normalized spacial score (nSPS) is 15.2. The van der Waals surface area contributed by atoms with E-state index in [0.29, 0.717) is 40.0 Å². The molecular formula is C22H22FN5O3. The minimum atomic E-state index is -0.556. The van der Waals surface area contributed by atoms with Gasteiger partial charge in [-0.05, 0) is 55.3 Å². The minimum absolute atomic E-state index is 0.333. The van der Waals surface area contributed by atoms with Crippen LogP contribution in [0.1, 0.15) is 24.1 Å². The zero-order valence-electron chi connectivity index (χ0n) is 17.6. The Morgan fingerprint density at radius 1 is 1.13 bits per heavy atom. The van der Waals surface area contributed by atoms with E-state index in [1.165, 1.54) is 18.5 Å². The third-order valence-corrected chi connectivity index (χ3v) is 5.20. The van der Waals surface area contributed by atoms with E-state index in [-0.39, 0.29) is 11.7 Å². The summed E-state index contributed by atoms with van der Waals surface area (Å²) in [6.45, 7) is 3.54. The molecule has 0 saturated heterocycles. The summed E-state index contributed by atoms with van der Waals surface area (Å²) in [5.74, 6) is 0.938. The number of benzene rings is 2. The van der Waals surface area contributed by atoms with Gasteiger partial charge in [0.1, 0.15) is 18.2 Å². The Bertz CT molecular complexity index is 1190. The Kier molecular flexibility index (Phi) is 5.33. The van der Waals surface area contributed by atoms with Gasteiger partial charge >= 0.3 is 0 Å². The monoisotopic (exact) mass is 423 g/mol. The standard InChI is InChI=1S/C22H22FN5O3/c1-12-9-15(23)6-7-16(12)27-21(29)19-13(2)26-22-24-11-25-28(22)20(19)14-5-8-17(30-3)18(10-14)31-4/h5-11,20H,1-4H3,(H,27,29)(H,24,25,26)/t20-/m1/s1. The fourth-order valence-electron chi connectivity index (χ4n) is 3.67. The highest BCUT2D eigenvalue weighted by Crippen LogP contribution is 2.38. The largest absolute Gasteiger partial charge is 0.493 e. The molecule has 1 aliphatic heterocycles. The number of hydrogen-bond acceptors (Lipinski definition) is 6. The number of nitrogens with one attached hydrogen (secondary N) is 2. The molecule has 1 aromatic heterocycles. The number of methoxy groups -OCH3 is 2. The van der Waals surface area contributed by atoms with E-state index in [0.717, 1.165) is 5.56 Å². The van der Waals surface area contributed by atoms with Crippen LogP contribution in [-0.2, 0) is 4.79 Å². The fraction of sp³-hybridized carbons (Fsp3) is 0.227. The van der Waals surface area contributed by atoms with Crippen molar-refractivity contribution in [2.45, 2.75) is 19.9 Å². The first-order valence-corrected chi connectivity index (χ1v) is 9.59. The molecule has 160 valence electrons. The maximum Gasteiger partial charge on any atom is 0.255 e. The number of aryl methyl sites for hydroxylation is 1. The van der Waals surface area contributed by atoms with Crippen LogP contribution in [0.4, 0.5) is 16.0 Å². The molecule has 2 N–H and O–H groups in total. The van der Waals surface area contributed by atoms with Gasteiger partial charge in [0.05, 0.1) is 19.8 Å². The molecule has 0 unspecified atom stereocenters. The lowest BCUT2D eigenvalue weighted by molar-refractivity contribution is -0.113. The predicted molar refractivity (Wildman–Crippen MR) is 114 cm³/mol. The number of rotatable bonds is 5. The van der Waals surface area contributed by atoms with Crippen LogP contribution >= 0.6 is 0 Å². The molecule has 8 nitrogen and oxygen atoms in total. The van der Waals surface area contributed by atoms with E-state index in [4.69, 9.17) is 9.47 Å². The van der Waals surface area contributed by atoms with Gasteiger partial charge in [0, 0.05) is 11.4 Å². The van der Waals surface area contributed by atoms with Gasteiger partial charge < -0.3 is 20.1 Å². The summed E-state index contributed by atoms with van der Waals surface area (Å²) in [4.78, 5) is 17.6. The number of nitrogens with zero attached hydrogens (tertiary/aromatic N) is 3. The van der Waals surface area contributed by atoms with Crippen LogP contribution in [-0.4, -0.2) is 34.9 Å². The number of carbonyl (C=O) groups is 1. The van der Waals surface area contributed by atoms with Gasteiger partial charge in [-0.1, -0.05) is 6.07 Å². The number of aromatic nitrogens is 3. The lowest BCUT2D eigenvalue weighted by Crippen LogP contribution is -2.31. The molecule has 1 amide bonds. The molecule has 0 saturated carbocycles. The molecule has 1 atom stereocenters. The maximum absolute atomic E-state index is 13.5. The minimum Gasteiger partial charge on any atom is -0.493 e. The molecule has 2 heterocycles. The summed E-state index contributed by atoms with van der Waals surface area (Å²) in [5.41, 5.74) is 3.01. The first-order chi connectivity index (χ1) is 14.9. The lowest BCUT2D eigenvalue weighted by atomic mass is 9.94. The molecule has 2 aromatic carbocycles. The number of anilines is 2. The molecule has 31 heavy (non-hydrogen) atoms. The van der Waals surface area contributed by atoms with Crippen molar-refractivity contribution in [3.05, 3.63) is 70.9 Å². The summed E-state index contributed by atoms with van der Waals surface area (Å²) >= 11 is 0. The quantitative estimate of drug-likeness (QED) is 0.651. The topological polar surface area (TPSA) is 90.3 Å². The molecule has 0 aliphatic carbocycles. The molecule has 4 rings (SSSR count). The predicted octanol–water partition coefficient (Wildman–Crippen LogP) is 3.67. The molecule has 0 fully saturated rings. The van der Waals surface area contributed by atoms with Crippen molar-refractivity contribution < 1.29 is 18.7 Å². The molecule has 3 aromatic rings. The lowest BCUT2D eigenvalue weighted by Gasteiger charge is -2.29. The average Bonchev–Trinajstić information content (AvgIpc) is 3.22. The molecular weight excluding hydrogens is 401 g/mol. The summed E-state index contributed by atoms with van der Waals surface area (Å²) in [6.07, 6.45) is 1.42. The van der Waals surface area contributed by atoms with Crippen molar-refractivity contribution in [2.75, 3.05) is 24.9 Å². The number of allylic oxidation sites excluding steroid dienone is 1. The number of carbonyl (C=O) groups excluding carboxylic acids is 1. The second-order valence-electron chi connectivity index (χ2n) is 7.12. The molecule has 0 spiro atoms. The van der Waals surface area contributed by atoms with E-state index in [1.807, 2.05) is 12.1 Å². The third kappa shape index (κ3) is 3.70. The van der Waals surface area contributed by atoms with Crippen LogP contribution in [0.5, 0.6) is 11.5 Å². The molecule has 0 radical (unpaired) electrons. The van der Waals surface area contributed by atoms with E-state index in [1.54, 1.807) is 44.9 Å². The van der Waals surface area contributed by atoms with Crippen LogP contribution in [0.25, 0.3) is 0 Å². The zero-order valence-corrected chi connectivity index (χ0v) is 17.6. The molecule has 0 bridgehead atoms. The number of amides is 1. The van der Waals surface area contributed by atoms with E-state index in [9.17, 15) is 9.18 Å². The van der Waals surface area contributed by atoms with Crippen molar-refractivity contribution >= 4 is 17.5 Å². The van der Waals surface area contributed by atoms with Crippen molar-refractivity contribution in [1.82, 2.24) is 14.8 Å². The average molecular weight is 423 g/mol. The van der Waals surface area contributed by atoms with Crippen molar-refractivity contribution in [3.8, 4) is 11.5 Å². The van der Waals surface area contributed by atoms with Gasteiger partial charge in [0.15, 0.2) is 11.5 Å². The molecule has 1 aliphatic rings. The number of halogens is 1. The SMILES string of the molecule is COc1ccc([C@@H]2C(C(=O)Nc3ccc(F)cc3C)=C(C)Nc3ncnn32)cc1OC. The number of hydrogen-bond donors (Lipinski definition) is 2. The van der Waals surface area contributed by atoms with Gasteiger partial charge in [-0.2, -0.15) is 10.1 Å². The van der Waals surface area contributed by atoms with Crippen molar-refractivity contribution in [2.24, 2.45) is 0 Å². The van der Waals surface area contributed by atoms with Crippen LogP contribution in [0.15, 0.2) is 54.0 Å². The fourth-order valence-corrected chi connectivity index (χ4v) is 3.67. The maximum atomic E-state index is 13.5.